The van der Waals surface area contributed by atoms with Crippen LogP contribution in [0.2, 0.25) is 10.0 Å². The SMILES string of the molecule is O=C1S/C(=C\c2ccc(Cl)cc2)C(=O)N1Cc1ccc(F)cc1Cl. The van der Waals surface area contributed by atoms with E-state index in [1.807, 2.05) is 0 Å². The highest BCUT2D eigenvalue weighted by atomic mass is 35.5. The highest BCUT2D eigenvalue weighted by molar-refractivity contribution is 8.18. The molecule has 0 atom stereocenters. The van der Waals surface area contributed by atoms with Crippen LogP contribution in [0.4, 0.5) is 9.18 Å². The monoisotopic (exact) mass is 381 g/mol. The average molecular weight is 382 g/mol. The van der Waals surface area contributed by atoms with Crippen LogP contribution >= 0.6 is 35.0 Å². The summed E-state index contributed by atoms with van der Waals surface area (Å²) in [5, 5.41) is 0.377. The number of halogens is 3. The Balaban J connectivity index is 1.82. The van der Waals surface area contributed by atoms with Crippen LogP contribution in [-0.2, 0) is 11.3 Å². The molecule has 0 unspecified atom stereocenters. The molecule has 24 heavy (non-hydrogen) atoms. The lowest BCUT2D eigenvalue weighted by Gasteiger charge is -2.13. The molecule has 0 saturated carbocycles. The number of imide groups is 1. The predicted molar refractivity (Wildman–Crippen MR) is 94.4 cm³/mol. The van der Waals surface area contributed by atoms with E-state index in [0.717, 1.165) is 28.3 Å². The molecule has 2 amide bonds. The quantitative estimate of drug-likeness (QED) is 0.670. The van der Waals surface area contributed by atoms with Gasteiger partial charge in [-0.15, -0.1) is 0 Å². The third kappa shape index (κ3) is 3.64. The van der Waals surface area contributed by atoms with Gasteiger partial charge < -0.3 is 0 Å². The molecule has 2 aromatic carbocycles. The van der Waals surface area contributed by atoms with Gasteiger partial charge in [-0.05, 0) is 53.2 Å². The fraction of sp³-hybridized carbons (Fsp3) is 0.0588. The molecule has 0 bridgehead atoms. The number of hydrogen-bond donors (Lipinski definition) is 0. The van der Waals surface area contributed by atoms with Gasteiger partial charge in [-0.25, -0.2) is 4.39 Å². The van der Waals surface area contributed by atoms with Crippen LogP contribution in [-0.4, -0.2) is 16.0 Å². The molecule has 2 aromatic rings. The van der Waals surface area contributed by atoms with E-state index in [9.17, 15) is 14.0 Å². The number of nitrogens with zero attached hydrogens (tertiary/aromatic N) is 1. The zero-order chi connectivity index (χ0) is 17.3. The van der Waals surface area contributed by atoms with Crippen molar-refractivity contribution in [1.29, 1.82) is 0 Å². The van der Waals surface area contributed by atoms with E-state index in [-0.39, 0.29) is 16.8 Å². The molecule has 1 saturated heterocycles. The molecule has 122 valence electrons. The van der Waals surface area contributed by atoms with Crippen molar-refractivity contribution >= 4 is 52.2 Å². The molecule has 1 aliphatic rings. The van der Waals surface area contributed by atoms with Crippen molar-refractivity contribution in [1.82, 2.24) is 4.90 Å². The van der Waals surface area contributed by atoms with Crippen LogP contribution in [0.1, 0.15) is 11.1 Å². The van der Waals surface area contributed by atoms with E-state index in [4.69, 9.17) is 23.2 Å². The Labute approximate surface area is 152 Å². The average Bonchev–Trinajstić information content (AvgIpc) is 2.79. The largest absolute Gasteiger partial charge is 0.293 e. The minimum atomic E-state index is -0.472. The topological polar surface area (TPSA) is 37.4 Å². The maximum absolute atomic E-state index is 13.1. The number of carbonyl (C=O) groups is 2. The number of amides is 2. The van der Waals surface area contributed by atoms with Gasteiger partial charge in [-0.3, -0.25) is 14.5 Å². The maximum Gasteiger partial charge on any atom is 0.293 e. The van der Waals surface area contributed by atoms with Crippen molar-refractivity contribution in [2.75, 3.05) is 0 Å². The molecule has 1 heterocycles. The second kappa shape index (κ2) is 6.97. The summed E-state index contributed by atoms with van der Waals surface area (Å²) < 4.78 is 13.1. The Hall–Kier alpha value is -1.82. The van der Waals surface area contributed by atoms with Crippen LogP contribution < -0.4 is 0 Å². The zero-order valence-electron chi connectivity index (χ0n) is 12.1. The molecule has 0 spiro atoms. The smallest absolute Gasteiger partial charge is 0.268 e. The van der Waals surface area contributed by atoms with Gasteiger partial charge in [0.1, 0.15) is 5.82 Å². The third-order valence-electron chi connectivity index (χ3n) is 3.38. The Bertz CT molecular complexity index is 852. The maximum atomic E-state index is 13.1. The normalized spacial score (nSPS) is 16.3. The molecule has 3 nitrogen and oxygen atoms in total. The lowest BCUT2D eigenvalue weighted by atomic mass is 10.2. The van der Waals surface area contributed by atoms with E-state index in [1.165, 1.54) is 12.1 Å². The van der Waals surface area contributed by atoms with E-state index >= 15 is 0 Å². The lowest BCUT2D eigenvalue weighted by Crippen LogP contribution is -2.27. The van der Waals surface area contributed by atoms with Crippen LogP contribution in [0.3, 0.4) is 0 Å². The third-order valence-corrected chi connectivity index (χ3v) is 4.90. The molecular formula is C17H10Cl2FNO2S. The van der Waals surface area contributed by atoms with E-state index in [2.05, 4.69) is 0 Å². The van der Waals surface area contributed by atoms with Crippen molar-refractivity contribution in [3.8, 4) is 0 Å². The molecule has 0 aromatic heterocycles. The molecule has 0 N–H and O–H groups in total. The summed E-state index contributed by atoms with van der Waals surface area (Å²) in [4.78, 5) is 26.0. The van der Waals surface area contributed by atoms with Crippen molar-refractivity contribution < 1.29 is 14.0 Å². The fourth-order valence-corrected chi connectivity index (χ4v) is 3.36. The predicted octanol–water partition coefficient (Wildman–Crippen LogP) is 5.37. The van der Waals surface area contributed by atoms with Gasteiger partial charge in [-0.1, -0.05) is 41.4 Å². The van der Waals surface area contributed by atoms with Gasteiger partial charge in [0.05, 0.1) is 11.4 Å². The Morgan fingerprint density at radius 1 is 1.08 bits per heavy atom. The standard InChI is InChI=1S/C17H10Cl2FNO2S/c18-12-4-1-10(2-5-12)7-15-16(22)21(17(23)24-15)9-11-3-6-13(20)8-14(11)19/h1-8H,9H2/b15-7-. The summed E-state index contributed by atoms with van der Waals surface area (Å²) in [5.41, 5.74) is 1.28. The summed E-state index contributed by atoms with van der Waals surface area (Å²) in [5.74, 6) is -0.874. The van der Waals surface area contributed by atoms with Gasteiger partial charge >= 0.3 is 0 Å². The van der Waals surface area contributed by atoms with Crippen LogP contribution in [0, 0.1) is 5.82 Å². The first kappa shape index (κ1) is 17.0. The van der Waals surface area contributed by atoms with Crippen molar-refractivity contribution in [2.45, 2.75) is 6.54 Å². The molecule has 3 rings (SSSR count). The highest BCUT2D eigenvalue weighted by Crippen LogP contribution is 2.34. The minimum absolute atomic E-state index is 0.00172. The molecule has 1 fully saturated rings. The van der Waals surface area contributed by atoms with Gasteiger partial charge in [0.25, 0.3) is 11.1 Å². The second-order valence-electron chi connectivity index (χ2n) is 5.06. The molecular weight excluding hydrogens is 372 g/mol. The number of carbonyl (C=O) groups excluding carboxylic acids is 2. The first-order valence-corrected chi connectivity index (χ1v) is 8.46. The summed E-state index contributed by atoms with van der Waals surface area (Å²) in [6, 6.07) is 10.8. The molecule has 0 radical (unpaired) electrons. The molecule has 0 aliphatic carbocycles. The van der Waals surface area contributed by atoms with Gasteiger partial charge in [0.15, 0.2) is 0 Å². The zero-order valence-corrected chi connectivity index (χ0v) is 14.5. The van der Waals surface area contributed by atoms with Gasteiger partial charge in [-0.2, -0.15) is 0 Å². The fourth-order valence-electron chi connectivity index (χ4n) is 2.17. The van der Waals surface area contributed by atoms with E-state index in [0.29, 0.717) is 15.5 Å². The van der Waals surface area contributed by atoms with Crippen molar-refractivity contribution in [3.63, 3.8) is 0 Å². The number of thioether (sulfide) groups is 1. The Morgan fingerprint density at radius 3 is 2.46 bits per heavy atom. The van der Waals surface area contributed by atoms with Gasteiger partial charge in [0.2, 0.25) is 0 Å². The summed E-state index contributed by atoms with van der Waals surface area (Å²) in [7, 11) is 0. The first-order chi connectivity index (χ1) is 11.4. The summed E-state index contributed by atoms with van der Waals surface area (Å²) in [6.07, 6.45) is 1.63. The summed E-state index contributed by atoms with van der Waals surface area (Å²) >= 11 is 12.6. The second-order valence-corrected chi connectivity index (χ2v) is 6.89. The van der Waals surface area contributed by atoms with E-state index in [1.54, 1.807) is 30.3 Å². The van der Waals surface area contributed by atoms with Crippen LogP contribution in [0.25, 0.3) is 6.08 Å². The number of hydrogen-bond acceptors (Lipinski definition) is 3. The highest BCUT2D eigenvalue weighted by Gasteiger charge is 2.35. The van der Waals surface area contributed by atoms with Crippen LogP contribution in [0.15, 0.2) is 47.4 Å². The molecule has 1 aliphatic heterocycles. The van der Waals surface area contributed by atoms with Crippen molar-refractivity contribution in [2.24, 2.45) is 0 Å². The minimum Gasteiger partial charge on any atom is -0.268 e. The van der Waals surface area contributed by atoms with Crippen LogP contribution in [0.5, 0.6) is 0 Å². The van der Waals surface area contributed by atoms with Gasteiger partial charge in [0, 0.05) is 10.0 Å². The van der Waals surface area contributed by atoms with Crippen molar-refractivity contribution in [3.05, 3.63) is 74.4 Å². The summed E-state index contributed by atoms with van der Waals surface area (Å²) in [6.45, 7) is 0.00172. The Kier molecular flexibility index (Phi) is 4.94. The first-order valence-electron chi connectivity index (χ1n) is 6.89. The molecule has 7 heteroatoms. The Morgan fingerprint density at radius 2 is 1.79 bits per heavy atom. The van der Waals surface area contributed by atoms with E-state index < -0.39 is 11.7 Å². The number of rotatable bonds is 3. The number of benzene rings is 2. The lowest BCUT2D eigenvalue weighted by molar-refractivity contribution is -0.123.